The van der Waals surface area contributed by atoms with Crippen molar-refractivity contribution in [3.05, 3.63) is 28.5 Å². The lowest BCUT2D eigenvalue weighted by atomic mass is 9.96. The van der Waals surface area contributed by atoms with Gasteiger partial charge in [-0.05, 0) is 40.8 Å². The Kier molecular flexibility index (Phi) is 3.19. The largest absolute Gasteiger partial charge is 0.388 e. The Labute approximate surface area is 92.5 Å². The van der Waals surface area contributed by atoms with E-state index in [1.165, 1.54) is 12.8 Å². The minimum Gasteiger partial charge on any atom is -0.388 e. The smallest absolute Gasteiger partial charge is 0.0833 e. The third-order valence-corrected chi connectivity index (χ3v) is 3.35. The van der Waals surface area contributed by atoms with Crippen LogP contribution >= 0.6 is 15.9 Å². The fourth-order valence-electron chi connectivity index (χ4n) is 2.14. The van der Waals surface area contributed by atoms with Crippen LogP contribution in [0, 0.1) is 5.92 Å². The van der Waals surface area contributed by atoms with E-state index in [0.29, 0.717) is 5.92 Å². The summed E-state index contributed by atoms with van der Waals surface area (Å²) in [6.45, 7) is 0. The van der Waals surface area contributed by atoms with Crippen LogP contribution in [0.15, 0.2) is 22.9 Å². The van der Waals surface area contributed by atoms with Crippen molar-refractivity contribution < 1.29 is 5.11 Å². The average Bonchev–Trinajstić information content (AvgIpc) is 2.69. The van der Waals surface area contributed by atoms with Gasteiger partial charge in [0.25, 0.3) is 0 Å². The molecule has 1 atom stereocenters. The highest BCUT2D eigenvalue weighted by Gasteiger charge is 2.24. The zero-order chi connectivity index (χ0) is 9.97. The van der Waals surface area contributed by atoms with Crippen molar-refractivity contribution >= 4 is 15.9 Å². The Morgan fingerprint density at radius 2 is 2.07 bits per heavy atom. The summed E-state index contributed by atoms with van der Waals surface area (Å²) < 4.78 is 0.937. The number of aliphatic hydroxyl groups excluding tert-OH is 1. The highest BCUT2D eigenvalue weighted by atomic mass is 79.9. The Bertz CT molecular complexity index is 310. The van der Waals surface area contributed by atoms with Crippen LogP contribution in [0.4, 0.5) is 0 Å². The molecular weight excluding hydrogens is 242 g/mol. The summed E-state index contributed by atoms with van der Waals surface area (Å²) in [7, 11) is 0. The zero-order valence-electron chi connectivity index (χ0n) is 7.99. The molecule has 76 valence electrons. The van der Waals surface area contributed by atoms with Crippen LogP contribution in [0.1, 0.15) is 37.4 Å². The molecule has 0 amide bonds. The third kappa shape index (κ3) is 2.15. The molecule has 14 heavy (non-hydrogen) atoms. The number of nitrogens with zero attached hydrogens (tertiary/aromatic N) is 1. The van der Waals surface area contributed by atoms with Gasteiger partial charge in [0.1, 0.15) is 0 Å². The first-order chi connectivity index (χ1) is 6.77. The highest BCUT2D eigenvalue weighted by molar-refractivity contribution is 9.10. The summed E-state index contributed by atoms with van der Waals surface area (Å²) in [5, 5.41) is 10.1. The van der Waals surface area contributed by atoms with Gasteiger partial charge in [-0.2, -0.15) is 0 Å². The van der Waals surface area contributed by atoms with Crippen molar-refractivity contribution in [2.45, 2.75) is 31.8 Å². The van der Waals surface area contributed by atoms with Crippen LogP contribution in [0.3, 0.4) is 0 Å². The van der Waals surface area contributed by atoms with Gasteiger partial charge in [-0.1, -0.05) is 12.8 Å². The van der Waals surface area contributed by atoms with Crippen LogP contribution in [-0.4, -0.2) is 10.1 Å². The first kappa shape index (κ1) is 10.1. The monoisotopic (exact) mass is 255 g/mol. The Balaban J connectivity index is 2.13. The van der Waals surface area contributed by atoms with Gasteiger partial charge in [0.05, 0.1) is 6.10 Å². The molecule has 0 aromatic carbocycles. The quantitative estimate of drug-likeness (QED) is 0.882. The normalized spacial score (nSPS) is 19.9. The minimum absolute atomic E-state index is 0.331. The molecule has 2 nitrogen and oxygen atoms in total. The van der Waals surface area contributed by atoms with E-state index < -0.39 is 0 Å². The standard InChI is InChI=1S/C11H14BrNO/c12-10-5-9(6-13-7-10)11(14)8-3-1-2-4-8/h5-8,11,14H,1-4H2. The molecule has 1 aliphatic carbocycles. The van der Waals surface area contributed by atoms with E-state index in [4.69, 9.17) is 0 Å². The topological polar surface area (TPSA) is 33.1 Å². The number of halogens is 1. The van der Waals surface area contributed by atoms with Crippen molar-refractivity contribution in [3.8, 4) is 0 Å². The lowest BCUT2D eigenvalue weighted by Crippen LogP contribution is -2.09. The molecule has 2 rings (SSSR count). The van der Waals surface area contributed by atoms with Crippen molar-refractivity contribution in [2.24, 2.45) is 5.92 Å². The van der Waals surface area contributed by atoms with Crippen molar-refractivity contribution in [1.29, 1.82) is 0 Å². The maximum atomic E-state index is 10.1. The molecule has 1 aromatic rings. The molecule has 1 unspecified atom stereocenters. The lowest BCUT2D eigenvalue weighted by molar-refractivity contribution is 0.111. The number of rotatable bonds is 2. The molecule has 1 saturated carbocycles. The number of aromatic nitrogens is 1. The summed E-state index contributed by atoms with van der Waals surface area (Å²) in [4.78, 5) is 4.07. The van der Waals surface area contributed by atoms with Gasteiger partial charge in [-0.25, -0.2) is 0 Å². The Hall–Kier alpha value is -0.410. The molecular formula is C11H14BrNO. The summed E-state index contributed by atoms with van der Waals surface area (Å²) in [5.41, 5.74) is 0.936. The molecule has 0 saturated heterocycles. The van der Waals surface area contributed by atoms with Gasteiger partial charge < -0.3 is 5.11 Å². The number of hydrogen-bond donors (Lipinski definition) is 1. The molecule has 1 N–H and O–H groups in total. The van der Waals surface area contributed by atoms with Crippen molar-refractivity contribution in [1.82, 2.24) is 4.98 Å². The summed E-state index contributed by atoms with van der Waals surface area (Å²) in [6.07, 6.45) is 7.97. The summed E-state index contributed by atoms with van der Waals surface area (Å²) >= 11 is 3.37. The molecule has 1 aliphatic rings. The third-order valence-electron chi connectivity index (χ3n) is 2.91. The maximum Gasteiger partial charge on any atom is 0.0833 e. The minimum atomic E-state index is -0.331. The molecule has 0 aliphatic heterocycles. The van der Waals surface area contributed by atoms with E-state index in [1.807, 2.05) is 6.07 Å². The van der Waals surface area contributed by atoms with Gasteiger partial charge in [-0.15, -0.1) is 0 Å². The maximum absolute atomic E-state index is 10.1. The number of pyridine rings is 1. The first-order valence-corrected chi connectivity index (χ1v) is 5.85. The van der Waals surface area contributed by atoms with E-state index in [-0.39, 0.29) is 6.10 Å². The van der Waals surface area contributed by atoms with E-state index >= 15 is 0 Å². The fraction of sp³-hybridized carbons (Fsp3) is 0.545. The van der Waals surface area contributed by atoms with Gasteiger partial charge in [0.2, 0.25) is 0 Å². The molecule has 3 heteroatoms. The Morgan fingerprint density at radius 1 is 1.36 bits per heavy atom. The summed E-state index contributed by atoms with van der Waals surface area (Å²) in [5.74, 6) is 0.436. The lowest BCUT2D eigenvalue weighted by Gasteiger charge is -2.17. The molecule has 0 spiro atoms. The van der Waals surface area contributed by atoms with E-state index in [0.717, 1.165) is 22.9 Å². The average molecular weight is 256 g/mol. The SMILES string of the molecule is OC(c1cncc(Br)c1)C1CCCC1. The molecule has 1 aromatic heterocycles. The molecule has 1 heterocycles. The van der Waals surface area contributed by atoms with Crippen LogP contribution < -0.4 is 0 Å². The van der Waals surface area contributed by atoms with Crippen LogP contribution in [0.2, 0.25) is 0 Å². The second-order valence-corrected chi connectivity index (χ2v) is 4.84. The number of hydrogen-bond acceptors (Lipinski definition) is 2. The van der Waals surface area contributed by atoms with Gasteiger partial charge in [0, 0.05) is 22.4 Å². The second kappa shape index (κ2) is 4.41. The predicted molar refractivity (Wildman–Crippen MR) is 58.9 cm³/mol. The highest BCUT2D eigenvalue weighted by Crippen LogP contribution is 2.35. The van der Waals surface area contributed by atoms with Crippen molar-refractivity contribution in [2.75, 3.05) is 0 Å². The first-order valence-electron chi connectivity index (χ1n) is 5.06. The molecule has 0 radical (unpaired) electrons. The Morgan fingerprint density at radius 3 is 2.71 bits per heavy atom. The van der Waals surface area contributed by atoms with Crippen LogP contribution in [0.25, 0.3) is 0 Å². The predicted octanol–water partition coefficient (Wildman–Crippen LogP) is 3.07. The zero-order valence-corrected chi connectivity index (χ0v) is 9.57. The molecule has 1 fully saturated rings. The van der Waals surface area contributed by atoms with Crippen LogP contribution in [-0.2, 0) is 0 Å². The van der Waals surface area contributed by atoms with Crippen LogP contribution in [0.5, 0.6) is 0 Å². The van der Waals surface area contributed by atoms with E-state index in [9.17, 15) is 5.11 Å². The van der Waals surface area contributed by atoms with E-state index in [2.05, 4.69) is 20.9 Å². The van der Waals surface area contributed by atoms with Gasteiger partial charge >= 0.3 is 0 Å². The number of aliphatic hydroxyl groups is 1. The second-order valence-electron chi connectivity index (χ2n) is 3.93. The molecule has 0 bridgehead atoms. The van der Waals surface area contributed by atoms with Gasteiger partial charge in [-0.3, -0.25) is 4.98 Å². The summed E-state index contributed by atoms with van der Waals surface area (Å²) in [6, 6.07) is 1.95. The fourth-order valence-corrected chi connectivity index (χ4v) is 2.52. The van der Waals surface area contributed by atoms with Crippen molar-refractivity contribution in [3.63, 3.8) is 0 Å². The van der Waals surface area contributed by atoms with E-state index in [1.54, 1.807) is 12.4 Å². The van der Waals surface area contributed by atoms with Gasteiger partial charge in [0.15, 0.2) is 0 Å².